The number of aliphatic hydroxyl groups excluding tert-OH is 1. The fraction of sp³-hybridized carbons (Fsp3) is 0.429. The first-order chi connectivity index (χ1) is 9.20. The maximum atomic E-state index is 11.6. The van der Waals surface area contributed by atoms with Gasteiger partial charge in [0.05, 0.1) is 6.61 Å². The van der Waals surface area contributed by atoms with E-state index in [1.807, 2.05) is 17.0 Å². The predicted octanol–water partition coefficient (Wildman–Crippen LogP) is 0.531. The Hall–Kier alpha value is -1.88. The Labute approximate surface area is 112 Å². The highest BCUT2D eigenvalue weighted by Gasteiger charge is 2.19. The smallest absolute Gasteiger partial charge is 0.251 e. The topological polar surface area (TPSA) is 69.6 Å². The van der Waals surface area contributed by atoms with E-state index in [4.69, 9.17) is 5.11 Å². The van der Waals surface area contributed by atoms with Gasteiger partial charge in [0.15, 0.2) is 0 Å². The first-order valence-corrected chi connectivity index (χ1v) is 6.46. The molecule has 0 bridgehead atoms. The molecule has 1 aliphatic heterocycles. The number of rotatable bonds is 5. The second-order valence-corrected chi connectivity index (χ2v) is 4.60. The van der Waals surface area contributed by atoms with E-state index >= 15 is 0 Å². The molecule has 2 amide bonds. The Bertz CT molecular complexity index is 456. The van der Waals surface area contributed by atoms with Gasteiger partial charge in [0.1, 0.15) is 0 Å². The van der Waals surface area contributed by atoms with Gasteiger partial charge in [0.2, 0.25) is 5.91 Å². The van der Waals surface area contributed by atoms with Crippen molar-refractivity contribution in [3.05, 3.63) is 35.4 Å². The fourth-order valence-corrected chi connectivity index (χ4v) is 2.12. The molecule has 0 aromatic heterocycles. The summed E-state index contributed by atoms with van der Waals surface area (Å²) in [6.45, 7) is 1.61. The summed E-state index contributed by atoms with van der Waals surface area (Å²) in [5, 5.41) is 11.2. The van der Waals surface area contributed by atoms with Crippen molar-refractivity contribution in [1.29, 1.82) is 0 Å². The lowest BCUT2D eigenvalue weighted by molar-refractivity contribution is -0.128. The summed E-state index contributed by atoms with van der Waals surface area (Å²) in [7, 11) is 0. The summed E-state index contributed by atoms with van der Waals surface area (Å²) >= 11 is 0. The second kappa shape index (κ2) is 6.33. The number of nitrogens with one attached hydrogen (secondary N) is 1. The Balaban J connectivity index is 1.94. The molecule has 1 fully saturated rings. The van der Waals surface area contributed by atoms with Crippen molar-refractivity contribution in [3.8, 4) is 0 Å². The lowest BCUT2D eigenvalue weighted by atomic mass is 10.1. The van der Waals surface area contributed by atoms with Crippen molar-refractivity contribution in [2.75, 3.05) is 19.7 Å². The first-order valence-electron chi connectivity index (χ1n) is 6.46. The Morgan fingerprint density at radius 2 is 2.05 bits per heavy atom. The van der Waals surface area contributed by atoms with Gasteiger partial charge in [-0.2, -0.15) is 0 Å². The third-order valence-corrected chi connectivity index (χ3v) is 3.16. The van der Waals surface area contributed by atoms with Crippen molar-refractivity contribution < 1.29 is 14.7 Å². The van der Waals surface area contributed by atoms with Gasteiger partial charge >= 0.3 is 0 Å². The first kappa shape index (κ1) is 13.5. The van der Waals surface area contributed by atoms with Crippen LogP contribution in [0.1, 0.15) is 28.8 Å². The van der Waals surface area contributed by atoms with Crippen LogP contribution in [0.15, 0.2) is 24.3 Å². The van der Waals surface area contributed by atoms with Gasteiger partial charge in [-0.3, -0.25) is 9.59 Å². The number of hydrogen-bond donors (Lipinski definition) is 2. The maximum absolute atomic E-state index is 11.6. The van der Waals surface area contributed by atoms with Crippen LogP contribution in [0.25, 0.3) is 0 Å². The molecule has 102 valence electrons. The molecular formula is C14H18N2O3. The molecule has 1 heterocycles. The van der Waals surface area contributed by atoms with Crippen molar-refractivity contribution in [2.45, 2.75) is 19.4 Å². The molecule has 0 radical (unpaired) electrons. The molecule has 0 saturated carbocycles. The Morgan fingerprint density at radius 1 is 1.32 bits per heavy atom. The zero-order valence-electron chi connectivity index (χ0n) is 10.8. The number of carbonyl (C=O) groups excluding carboxylic acids is 2. The zero-order chi connectivity index (χ0) is 13.7. The Morgan fingerprint density at radius 3 is 2.63 bits per heavy atom. The molecule has 2 N–H and O–H groups in total. The number of benzene rings is 1. The maximum Gasteiger partial charge on any atom is 0.251 e. The number of aliphatic hydroxyl groups is 1. The van der Waals surface area contributed by atoms with E-state index in [1.54, 1.807) is 12.1 Å². The molecule has 0 unspecified atom stereocenters. The van der Waals surface area contributed by atoms with Crippen LogP contribution in [-0.2, 0) is 11.3 Å². The molecule has 0 aliphatic carbocycles. The third-order valence-electron chi connectivity index (χ3n) is 3.16. The third kappa shape index (κ3) is 3.54. The van der Waals surface area contributed by atoms with Crippen LogP contribution in [0.3, 0.4) is 0 Å². The zero-order valence-corrected chi connectivity index (χ0v) is 10.8. The van der Waals surface area contributed by atoms with E-state index in [0.717, 1.165) is 18.5 Å². The molecular weight excluding hydrogens is 244 g/mol. The summed E-state index contributed by atoms with van der Waals surface area (Å²) in [4.78, 5) is 25.0. The molecule has 1 aromatic carbocycles. The lowest BCUT2D eigenvalue weighted by Crippen LogP contribution is -2.26. The van der Waals surface area contributed by atoms with Crippen LogP contribution >= 0.6 is 0 Å². The molecule has 19 heavy (non-hydrogen) atoms. The van der Waals surface area contributed by atoms with E-state index < -0.39 is 0 Å². The average molecular weight is 262 g/mol. The molecule has 2 rings (SSSR count). The summed E-state index contributed by atoms with van der Waals surface area (Å²) in [6, 6.07) is 7.20. The van der Waals surface area contributed by atoms with Crippen LogP contribution in [-0.4, -0.2) is 41.5 Å². The highest BCUT2D eigenvalue weighted by atomic mass is 16.3. The fourth-order valence-electron chi connectivity index (χ4n) is 2.12. The van der Waals surface area contributed by atoms with Gasteiger partial charge in [-0.1, -0.05) is 12.1 Å². The van der Waals surface area contributed by atoms with E-state index in [2.05, 4.69) is 5.32 Å². The van der Waals surface area contributed by atoms with Gasteiger partial charge in [-0.15, -0.1) is 0 Å². The highest BCUT2D eigenvalue weighted by molar-refractivity contribution is 5.94. The SMILES string of the molecule is O=C(NCCO)c1ccc(CN2CCCC2=O)cc1. The minimum absolute atomic E-state index is 0.0686. The predicted molar refractivity (Wildman–Crippen MR) is 70.5 cm³/mol. The summed E-state index contributed by atoms with van der Waals surface area (Å²) in [5.74, 6) is 0.00242. The molecule has 0 spiro atoms. The normalized spacial score (nSPS) is 14.8. The lowest BCUT2D eigenvalue weighted by Gasteiger charge is -2.15. The van der Waals surface area contributed by atoms with Crippen molar-refractivity contribution in [3.63, 3.8) is 0 Å². The summed E-state index contributed by atoms with van der Waals surface area (Å²) in [6.07, 6.45) is 1.57. The number of nitrogens with zero attached hydrogens (tertiary/aromatic N) is 1. The number of likely N-dealkylation sites (tertiary alicyclic amines) is 1. The molecule has 5 nitrogen and oxygen atoms in total. The van der Waals surface area contributed by atoms with Crippen molar-refractivity contribution in [2.24, 2.45) is 0 Å². The van der Waals surface area contributed by atoms with Gasteiger partial charge in [-0.25, -0.2) is 0 Å². The Kier molecular flexibility index (Phi) is 4.52. The van der Waals surface area contributed by atoms with Crippen LogP contribution in [0.2, 0.25) is 0 Å². The van der Waals surface area contributed by atoms with E-state index in [0.29, 0.717) is 18.5 Å². The summed E-state index contributed by atoms with van der Waals surface area (Å²) < 4.78 is 0. The molecule has 1 aliphatic rings. The minimum atomic E-state index is -0.196. The highest BCUT2D eigenvalue weighted by Crippen LogP contribution is 2.14. The van der Waals surface area contributed by atoms with Crippen LogP contribution in [0.4, 0.5) is 0 Å². The van der Waals surface area contributed by atoms with Crippen molar-refractivity contribution >= 4 is 11.8 Å². The molecule has 1 aromatic rings. The molecule has 5 heteroatoms. The average Bonchev–Trinajstić information content (AvgIpc) is 2.82. The van der Waals surface area contributed by atoms with Gasteiger partial charge in [0.25, 0.3) is 5.91 Å². The van der Waals surface area contributed by atoms with Crippen molar-refractivity contribution in [1.82, 2.24) is 10.2 Å². The second-order valence-electron chi connectivity index (χ2n) is 4.60. The molecule has 1 saturated heterocycles. The van der Waals surface area contributed by atoms with Gasteiger partial charge in [-0.05, 0) is 24.1 Å². The number of carbonyl (C=O) groups is 2. The standard InChI is InChI=1S/C14H18N2O3/c17-9-7-15-14(19)12-5-3-11(4-6-12)10-16-8-1-2-13(16)18/h3-6,17H,1-2,7-10H2,(H,15,19). The monoisotopic (exact) mass is 262 g/mol. The van der Waals surface area contributed by atoms with Crippen LogP contribution < -0.4 is 5.32 Å². The summed E-state index contributed by atoms with van der Waals surface area (Å²) in [5.41, 5.74) is 1.58. The van der Waals surface area contributed by atoms with E-state index in [-0.39, 0.29) is 25.0 Å². The van der Waals surface area contributed by atoms with E-state index in [1.165, 1.54) is 0 Å². The van der Waals surface area contributed by atoms with Crippen LogP contribution in [0.5, 0.6) is 0 Å². The quantitative estimate of drug-likeness (QED) is 0.813. The van der Waals surface area contributed by atoms with Gasteiger partial charge in [0, 0.05) is 31.6 Å². The largest absolute Gasteiger partial charge is 0.395 e. The van der Waals surface area contributed by atoms with E-state index in [9.17, 15) is 9.59 Å². The van der Waals surface area contributed by atoms with Crippen LogP contribution in [0, 0.1) is 0 Å². The number of amides is 2. The van der Waals surface area contributed by atoms with Gasteiger partial charge < -0.3 is 15.3 Å². The molecule has 0 atom stereocenters. The number of hydrogen-bond acceptors (Lipinski definition) is 3. The minimum Gasteiger partial charge on any atom is -0.395 e.